The Morgan fingerprint density at radius 2 is 0.875 bits per heavy atom. The lowest BCUT2D eigenvalue weighted by atomic mass is 9.91. The molecule has 0 aromatic rings. The Kier molecular flexibility index (Phi) is 20.9. The van der Waals surface area contributed by atoms with Crippen molar-refractivity contribution in [2.24, 2.45) is 5.92 Å². The predicted octanol–water partition coefficient (Wildman–Crippen LogP) is 6.63. The Morgan fingerprint density at radius 1 is 0.458 bits per heavy atom. The maximum atomic E-state index is 9.26. The molecule has 1 unspecified atom stereocenters. The lowest BCUT2D eigenvalue weighted by molar-refractivity contribution is 0.241. The van der Waals surface area contributed by atoms with Crippen LogP contribution < -0.4 is 0 Å². The van der Waals surface area contributed by atoms with Crippen molar-refractivity contribution in [3.8, 4) is 0 Å². The standard InChI is InChI=1S/C22H46O2/c1-2-3-4-5-6-8-11-14-17-22(19-21-24)18-15-12-9-7-10-13-16-20-23/h22-24H,2-21H2,1H3. The second-order valence-electron chi connectivity index (χ2n) is 7.63. The van der Waals surface area contributed by atoms with E-state index in [2.05, 4.69) is 6.92 Å². The van der Waals surface area contributed by atoms with E-state index in [9.17, 15) is 5.11 Å². The predicted molar refractivity (Wildman–Crippen MR) is 106 cm³/mol. The van der Waals surface area contributed by atoms with Crippen molar-refractivity contribution in [3.05, 3.63) is 0 Å². The van der Waals surface area contributed by atoms with Crippen LogP contribution in [0.25, 0.3) is 0 Å². The van der Waals surface area contributed by atoms with Gasteiger partial charge in [-0.1, -0.05) is 110 Å². The molecule has 0 aromatic carbocycles. The zero-order valence-corrected chi connectivity index (χ0v) is 16.6. The molecule has 0 aliphatic rings. The maximum Gasteiger partial charge on any atom is 0.0433 e. The largest absolute Gasteiger partial charge is 0.396 e. The van der Waals surface area contributed by atoms with E-state index in [0.717, 1.165) is 18.8 Å². The van der Waals surface area contributed by atoms with Gasteiger partial charge in [0.15, 0.2) is 0 Å². The molecule has 0 saturated carbocycles. The smallest absolute Gasteiger partial charge is 0.0433 e. The molecule has 146 valence electrons. The number of aliphatic hydroxyl groups is 2. The van der Waals surface area contributed by atoms with Crippen molar-refractivity contribution >= 4 is 0 Å². The highest BCUT2D eigenvalue weighted by Gasteiger charge is 2.07. The fourth-order valence-electron chi connectivity index (χ4n) is 3.61. The average molecular weight is 343 g/mol. The highest BCUT2D eigenvalue weighted by atomic mass is 16.3. The van der Waals surface area contributed by atoms with Crippen molar-refractivity contribution in [2.75, 3.05) is 13.2 Å². The van der Waals surface area contributed by atoms with Crippen molar-refractivity contribution in [1.29, 1.82) is 0 Å². The molecule has 0 rings (SSSR count). The van der Waals surface area contributed by atoms with Gasteiger partial charge in [-0.3, -0.25) is 0 Å². The minimum Gasteiger partial charge on any atom is -0.396 e. The fourth-order valence-corrected chi connectivity index (χ4v) is 3.61. The lowest BCUT2D eigenvalue weighted by Gasteiger charge is -2.15. The van der Waals surface area contributed by atoms with E-state index in [1.807, 2.05) is 0 Å². The third kappa shape index (κ3) is 18.3. The zero-order valence-electron chi connectivity index (χ0n) is 16.6. The Morgan fingerprint density at radius 3 is 1.29 bits per heavy atom. The van der Waals surface area contributed by atoms with Crippen molar-refractivity contribution in [2.45, 2.75) is 122 Å². The van der Waals surface area contributed by atoms with Gasteiger partial charge < -0.3 is 10.2 Å². The summed E-state index contributed by atoms with van der Waals surface area (Å²) in [5.41, 5.74) is 0. The van der Waals surface area contributed by atoms with Crippen LogP contribution in [0.4, 0.5) is 0 Å². The van der Waals surface area contributed by atoms with Gasteiger partial charge in [-0.2, -0.15) is 0 Å². The molecule has 0 heterocycles. The molecule has 1 atom stereocenters. The molecule has 0 aliphatic carbocycles. The number of aliphatic hydroxyl groups excluding tert-OH is 2. The van der Waals surface area contributed by atoms with E-state index >= 15 is 0 Å². The van der Waals surface area contributed by atoms with E-state index in [1.54, 1.807) is 0 Å². The van der Waals surface area contributed by atoms with Gasteiger partial charge in [0.2, 0.25) is 0 Å². The van der Waals surface area contributed by atoms with Crippen LogP contribution in [0, 0.1) is 5.92 Å². The number of unbranched alkanes of at least 4 members (excludes halogenated alkanes) is 13. The van der Waals surface area contributed by atoms with E-state index in [1.165, 1.54) is 103 Å². The highest BCUT2D eigenvalue weighted by molar-refractivity contribution is 4.61. The summed E-state index contributed by atoms with van der Waals surface area (Å²) in [7, 11) is 0. The normalized spacial score (nSPS) is 12.6. The first-order chi connectivity index (χ1) is 11.8. The molecule has 0 amide bonds. The number of hydrogen-bond donors (Lipinski definition) is 2. The zero-order chi connectivity index (χ0) is 17.7. The maximum absolute atomic E-state index is 9.26. The molecule has 2 nitrogen and oxygen atoms in total. The van der Waals surface area contributed by atoms with Crippen LogP contribution in [0.3, 0.4) is 0 Å². The third-order valence-electron chi connectivity index (χ3n) is 5.27. The van der Waals surface area contributed by atoms with Gasteiger partial charge in [-0.15, -0.1) is 0 Å². The summed E-state index contributed by atoms with van der Waals surface area (Å²) in [6, 6.07) is 0. The van der Waals surface area contributed by atoms with Crippen LogP contribution >= 0.6 is 0 Å². The summed E-state index contributed by atoms with van der Waals surface area (Å²) < 4.78 is 0. The molecule has 0 aliphatic heterocycles. The third-order valence-corrected chi connectivity index (χ3v) is 5.27. The van der Waals surface area contributed by atoms with Gasteiger partial charge in [0, 0.05) is 13.2 Å². The minimum atomic E-state index is 0.349. The van der Waals surface area contributed by atoms with E-state index in [4.69, 9.17) is 5.11 Å². The first kappa shape index (κ1) is 23.9. The highest BCUT2D eigenvalue weighted by Crippen LogP contribution is 2.22. The number of rotatable bonds is 20. The van der Waals surface area contributed by atoms with Gasteiger partial charge >= 0.3 is 0 Å². The number of hydrogen-bond acceptors (Lipinski definition) is 2. The van der Waals surface area contributed by atoms with Crippen molar-refractivity contribution < 1.29 is 10.2 Å². The average Bonchev–Trinajstić information content (AvgIpc) is 2.59. The summed E-state index contributed by atoms with van der Waals surface area (Å²) in [6.07, 6.45) is 23.6. The Labute approximate surface area is 152 Å². The quantitative estimate of drug-likeness (QED) is 0.244. The van der Waals surface area contributed by atoms with Gasteiger partial charge in [-0.25, -0.2) is 0 Å². The topological polar surface area (TPSA) is 40.5 Å². The lowest BCUT2D eigenvalue weighted by Crippen LogP contribution is -2.03. The van der Waals surface area contributed by atoms with Gasteiger partial charge in [0.05, 0.1) is 0 Å². The summed E-state index contributed by atoms with van der Waals surface area (Å²) in [4.78, 5) is 0. The first-order valence-corrected chi connectivity index (χ1v) is 11.1. The first-order valence-electron chi connectivity index (χ1n) is 11.1. The van der Waals surface area contributed by atoms with Crippen LogP contribution in [0.2, 0.25) is 0 Å². The molecule has 0 spiro atoms. The van der Waals surface area contributed by atoms with Gasteiger partial charge in [-0.05, 0) is 18.8 Å². The second-order valence-corrected chi connectivity index (χ2v) is 7.63. The monoisotopic (exact) mass is 342 g/mol. The molecule has 0 bridgehead atoms. The van der Waals surface area contributed by atoms with Crippen LogP contribution in [-0.4, -0.2) is 23.4 Å². The molecule has 0 saturated heterocycles. The molecule has 0 aromatic heterocycles. The van der Waals surface area contributed by atoms with E-state index in [0.29, 0.717) is 13.2 Å². The molecule has 2 N–H and O–H groups in total. The van der Waals surface area contributed by atoms with E-state index in [-0.39, 0.29) is 0 Å². The summed E-state index contributed by atoms with van der Waals surface area (Å²) in [6.45, 7) is 2.99. The Bertz CT molecular complexity index is 198. The molecular formula is C22H46O2. The summed E-state index contributed by atoms with van der Waals surface area (Å²) in [5, 5.41) is 18.0. The fraction of sp³-hybridized carbons (Fsp3) is 1.00. The summed E-state index contributed by atoms with van der Waals surface area (Å²) in [5.74, 6) is 0.754. The van der Waals surface area contributed by atoms with E-state index < -0.39 is 0 Å². The summed E-state index contributed by atoms with van der Waals surface area (Å²) >= 11 is 0. The van der Waals surface area contributed by atoms with Gasteiger partial charge in [0.25, 0.3) is 0 Å². The van der Waals surface area contributed by atoms with Crippen LogP contribution in [-0.2, 0) is 0 Å². The van der Waals surface area contributed by atoms with Crippen molar-refractivity contribution in [1.82, 2.24) is 0 Å². The van der Waals surface area contributed by atoms with Crippen LogP contribution in [0.15, 0.2) is 0 Å². The Balaban J connectivity index is 3.43. The minimum absolute atomic E-state index is 0.349. The SMILES string of the molecule is CCCCCCCCCCC(CCO)CCCCCCCCCO. The second kappa shape index (κ2) is 21.0. The van der Waals surface area contributed by atoms with Crippen molar-refractivity contribution in [3.63, 3.8) is 0 Å². The molecule has 24 heavy (non-hydrogen) atoms. The van der Waals surface area contributed by atoms with Crippen LogP contribution in [0.1, 0.15) is 122 Å². The molecule has 2 heteroatoms. The molecule has 0 radical (unpaired) electrons. The molecular weight excluding hydrogens is 296 g/mol. The molecule has 0 fully saturated rings. The van der Waals surface area contributed by atoms with Crippen LogP contribution in [0.5, 0.6) is 0 Å². The van der Waals surface area contributed by atoms with Gasteiger partial charge in [0.1, 0.15) is 0 Å². The Hall–Kier alpha value is -0.0800.